The molecule has 6 heteroatoms. The number of imidazole rings is 1. The third kappa shape index (κ3) is 2.21. The Morgan fingerprint density at radius 1 is 1.40 bits per heavy atom. The van der Waals surface area contributed by atoms with Crippen molar-refractivity contribution in [2.24, 2.45) is 0 Å². The molecule has 1 fully saturated rings. The smallest absolute Gasteiger partial charge is 0.146 e. The number of hydrogen-bond donors (Lipinski definition) is 0. The van der Waals surface area contributed by atoms with Crippen LogP contribution >= 0.6 is 11.6 Å². The summed E-state index contributed by atoms with van der Waals surface area (Å²) < 4.78 is 7.43. The Balaban J connectivity index is 2.19. The monoisotopic (exact) mass is 290 g/mol. The molecule has 1 aromatic heterocycles. The second-order valence-corrected chi connectivity index (χ2v) is 5.43. The van der Waals surface area contributed by atoms with Crippen LogP contribution in [-0.2, 0) is 4.74 Å². The molecule has 0 spiro atoms. The van der Waals surface area contributed by atoms with Gasteiger partial charge in [0.1, 0.15) is 5.82 Å². The molecule has 0 aliphatic carbocycles. The second kappa shape index (κ2) is 5.31. The molecule has 0 radical (unpaired) electrons. The van der Waals surface area contributed by atoms with Crippen LogP contribution in [-0.4, -0.2) is 36.0 Å². The number of halogens is 1. The van der Waals surface area contributed by atoms with Gasteiger partial charge in [0, 0.05) is 0 Å². The number of ether oxygens (including phenoxy) is 1. The van der Waals surface area contributed by atoms with E-state index in [4.69, 9.17) is 21.6 Å². The zero-order chi connectivity index (χ0) is 14.1. The Kier molecular flexibility index (Phi) is 3.51. The third-order valence-corrected chi connectivity index (χ3v) is 3.61. The van der Waals surface area contributed by atoms with E-state index in [1.165, 1.54) is 0 Å². The van der Waals surface area contributed by atoms with Gasteiger partial charge in [-0.3, -0.25) is 0 Å². The lowest BCUT2D eigenvalue weighted by atomic mass is 10.2. The Hall–Kier alpha value is -1.77. The fraction of sp³-hybridized carbons (Fsp3) is 0.429. The number of rotatable bonds is 2. The maximum absolute atomic E-state index is 9.07. The van der Waals surface area contributed by atoms with Gasteiger partial charge in [-0.25, -0.2) is 9.66 Å². The van der Waals surface area contributed by atoms with Crippen molar-refractivity contribution in [3.05, 3.63) is 29.6 Å². The molecule has 1 atom stereocenters. The molecule has 104 valence electrons. The molecule has 1 aliphatic rings. The molecule has 0 saturated carbocycles. The molecule has 20 heavy (non-hydrogen) atoms. The highest BCUT2D eigenvalue weighted by molar-refractivity contribution is 6.20. The Morgan fingerprint density at radius 3 is 2.80 bits per heavy atom. The summed E-state index contributed by atoms with van der Waals surface area (Å²) in [6.07, 6.45) is 0. The van der Waals surface area contributed by atoms with Crippen molar-refractivity contribution in [1.29, 1.82) is 5.26 Å². The first kappa shape index (κ1) is 13.2. The van der Waals surface area contributed by atoms with E-state index in [9.17, 15) is 0 Å². The van der Waals surface area contributed by atoms with Crippen LogP contribution in [0.1, 0.15) is 23.7 Å². The molecular weight excluding hydrogens is 276 g/mol. The van der Waals surface area contributed by atoms with Gasteiger partial charge < -0.3 is 9.75 Å². The second-order valence-electron chi connectivity index (χ2n) is 4.78. The summed E-state index contributed by atoms with van der Waals surface area (Å²) in [6.45, 7) is 4.87. The van der Waals surface area contributed by atoms with Crippen molar-refractivity contribution in [3.63, 3.8) is 0 Å². The van der Waals surface area contributed by atoms with Crippen molar-refractivity contribution in [2.45, 2.75) is 12.3 Å². The van der Waals surface area contributed by atoms with E-state index in [1.54, 1.807) is 6.07 Å². The normalized spacial score (nSPS) is 17.1. The lowest BCUT2D eigenvalue weighted by Crippen LogP contribution is -2.44. The zero-order valence-corrected chi connectivity index (χ0v) is 12.0. The first-order chi connectivity index (χ1) is 9.70. The van der Waals surface area contributed by atoms with Crippen LogP contribution in [0.3, 0.4) is 0 Å². The van der Waals surface area contributed by atoms with Crippen molar-refractivity contribution in [1.82, 2.24) is 9.66 Å². The Bertz CT molecular complexity index is 668. The summed E-state index contributed by atoms with van der Waals surface area (Å²) in [4.78, 5) is 4.60. The van der Waals surface area contributed by atoms with E-state index in [1.807, 2.05) is 23.7 Å². The van der Waals surface area contributed by atoms with Crippen molar-refractivity contribution in [2.75, 3.05) is 31.3 Å². The Labute approximate surface area is 122 Å². The maximum Gasteiger partial charge on any atom is 0.146 e. The first-order valence-corrected chi connectivity index (χ1v) is 7.04. The minimum absolute atomic E-state index is 0.198. The number of aromatic nitrogens is 2. The number of fused-ring (bicyclic) bond motifs is 1. The number of nitriles is 1. The summed E-state index contributed by atoms with van der Waals surface area (Å²) in [5.74, 6) is 0.804. The highest BCUT2D eigenvalue weighted by Gasteiger charge is 2.21. The van der Waals surface area contributed by atoms with Crippen molar-refractivity contribution >= 4 is 22.6 Å². The number of benzene rings is 1. The lowest BCUT2D eigenvalue weighted by Gasteiger charge is -2.31. The quantitative estimate of drug-likeness (QED) is 0.796. The van der Waals surface area contributed by atoms with Crippen LogP contribution in [0.4, 0.5) is 0 Å². The SMILES string of the molecule is CC(Cl)c1nc2ccc(C#N)cc2n1N1CCOCC1. The minimum atomic E-state index is -0.198. The molecule has 1 aliphatic heterocycles. The van der Waals surface area contributed by atoms with E-state index in [0.29, 0.717) is 18.8 Å². The van der Waals surface area contributed by atoms with Crippen molar-refractivity contribution in [3.8, 4) is 6.07 Å². The minimum Gasteiger partial charge on any atom is -0.378 e. The molecule has 0 N–H and O–H groups in total. The number of nitrogens with zero attached hydrogens (tertiary/aromatic N) is 4. The lowest BCUT2D eigenvalue weighted by molar-refractivity contribution is 0.111. The molecule has 1 aromatic carbocycles. The van der Waals surface area contributed by atoms with E-state index in [-0.39, 0.29) is 5.38 Å². The predicted octanol–water partition coefficient (Wildman–Crippen LogP) is 2.18. The van der Waals surface area contributed by atoms with E-state index >= 15 is 0 Å². The molecule has 1 unspecified atom stereocenters. The molecule has 5 nitrogen and oxygen atoms in total. The third-order valence-electron chi connectivity index (χ3n) is 3.41. The van der Waals surface area contributed by atoms with Crippen molar-refractivity contribution < 1.29 is 4.74 Å². The first-order valence-electron chi connectivity index (χ1n) is 6.60. The van der Waals surface area contributed by atoms with Gasteiger partial charge in [0.2, 0.25) is 0 Å². The van der Waals surface area contributed by atoms with Gasteiger partial charge in [-0.05, 0) is 25.1 Å². The van der Waals surface area contributed by atoms with Crippen LogP contribution in [0.25, 0.3) is 11.0 Å². The van der Waals surface area contributed by atoms with Crippen LogP contribution in [0.15, 0.2) is 18.2 Å². The fourth-order valence-electron chi connectivity index (χ4n) is 2.46. The zero-order valence-electron chi connectivity index (χ0n) is 11.2. The molecule has 1 saturated heterocycles. The topological polar surface area (TPSA) is 54.1 Å². The summed E-state index contributed by atoms with van der Waals surface area (Å²) >= 11 is 6.27. The largest absolute Gasteiger partial charge is 0.378 e. The molecule has 0 amide bonds. The predicted molar refractivity (Wildman–Crippen MR) is 77.5 cm³/mol. The molecular formula is C14H15ClN4O. The number of alkyl halides is 1. The van der Waals surface area contributed by atoms with Gasteiger partial charge in [0.15, 0.2) is 0 Å². The van der Waals surface area contributed by atoms with Gasteiger partial charge in [0.25, 0.3) is 0 Å². The standard InChI is InChI=1S/C14H15ClN4O/c1-10(15)14-17-12-3-2-11(9-16)8-13(12)19(14)18-4-6-20-7-5-18/h2-3,8,10H,4-7H2,1H3. The van der Waals surface area contributed by atoms with Crippen LogP contribution < -0.4 is 5.01 Å². The van der Waals surface area contributed by atoms with E-state index in [0.717, 1.165) is 29.9 Å². The van der Waals surface area contributed by atoms with Gasteiger partial charge in [0.05, 0.1) is 54.3 Å². The van der Waals surface area contributed by atoms with Gasteiger partial charge >= 0.3 is 0 Å². The van der Waals surface area contributed by atoms with Gasteiger partial charge in [-0.2, -0.15) is 5.26 Å². The highest BCUT2D eigenvalue weighted by atomic mass is 35.5. The maximum atomic E-state index is 9.07. The van der Waals surface area contributed by atoms with Crippen LogP contribution in [0, 0.1) is 11.3 Å². The summed E-state index contributed by atoms with van der Waals surface area (Å²) in [7, 11) is 0. The highest BCUT2D eigenvalue weighted by Crippen LogP contribution is 2.26. The summed E-state index contributed by atoms with van der Waals surface area (Å²) in [5.41, 5.74) is 2.41. The van der Waals surface area contributed by atoms with E-state index < -0.39 is 0 Å². The average Bonchev–Trinajstić information content (AvgIpc) is 2.86. The van der Waals surface area contributed by atoms with E-state index in [2.05, 4.69) is 16.1 Å². The molecule has 3 rings (SSSR count). The molecule has 2 heterocycles. The molecule has 0 bridgehead atoms. The van der Waals surface area contributed by atoms with Crippen LogP contribution in [0.2, 0.25) is 0 Å². The average molecular weight is 291 g/mol. The number of morpholine rings is 1. The Morgan fingerprint density at radius 2 is 2.15 bits per heavy atom. The van der Waals surface area contributed by atoms with Gasteiger partial charge in [-0.15, -0.1) is 11.6 Å². The summed E-state index contributed by atoms with van der Waals surface area (Å²) in [6, 6.07) is 7.68. The number of hydrogen-bond acceptors (Lipinski definition) is 4. The van der Waals surface area contributed by atoms with Gasteiger partial charge in [-0.1, -0.05) is 0 Å². The van der Waals surface area contributed by atoms with Crippen LogP contribution in [0.5, 0.6) is 0 Å². The summed E-state index contributed by atoms with van der Waals surface area (Å²) in [5, 5.41) is 11.1. The molecule has 2 aromatic rings. The fourth-order valence-corrected chi connectivity index (χ4v) is 2.60.